The summed E-state index contributed by atoms with van der Waals surface area (Å²) < 4.78 is 28.6. The van der Waals surface area contributed by atoms with E-state index in [2.05, 4.69) is 9.72 Å². The lowest BCUT2D eigenvalue weighted by Crippen LogP contribution is -2.02. The molecule has 0 saturated heterocycles. The van der Waals surface area contributed by atoms with Crippen LogP contribution >= 0.6 is 0 Å². The Morgan fingerprint density at radius 3 is 2.85 bits per heavy atom. The largest absolute Gasteiger partial charge is 0.465 e. The molecule has 0 saturated carbocycles. The zero-order chi connectivity index (χ0) is 9.84. The molecule has 0 aliphatic heterocycles. The minimum Gasteiger partial charge on any atom is -0.465 e. The maximum Gasteiger partial charge on any atom is 0.337 e. The molecule has 70 valence electrons. The third-order valence-electron chi connectivity index (χ3n) is 1.43. The number of halogens is 2. The van der Waals surface area contributed by atoms with E-state index in [1.54, 1.807) is 0 Å². The first kappa shape index (κ1) is 9.57. The van der Waals surface area contributed by atoms with Gasteiger partial charge in [0.15, 0.2) is 0 Å². The summed E-state index contributed by atoms with van der Waals surface area (Å²) in [6.07, 6.45) is -1.53. The highest BCUT2D eigenvalue weighted by Gasteiger charge is 2.12. The van der Waals surface area contributed by atoms with E-state index in [1.807, 2.05) is 0 Å². The molecule has 5 heteroatoms. The predicted molar refractivity (Wildman–Crippen MR) is 40.5 cm³/mol. The molecule has 0 fully saturated rings. The van der Waals surface area contributed by atoms with Gasteiger partial charge in [0.25, 0.3) is 6.43 Å². The average molecular weight is 187 g/mol. The van der Waals surface area contributed by atoms with Gasteiger partial charge in [-0.3, -0.25) is 4.98 Å². The van der Waals surface area contributed by atoms with Gasteiger partial charge in [-0.2, -0.15) is 0 Å². The Balaban J connectivity index is 2.98. The number of carbonyl (C=O) groups is 1. The van der Waals surface area contributed by atoms with Crippen LogP contribution in [-0.2, 0) is 4.74 Å². The number of hydrogen-bond acceptors (Lipinski definition) is 3. The molecule has 0 atom stereocenters. The lowest BCUT2D eigenvalue weighted by atomic mass is 10.2. The fraction of sp³-hybridized carbons (Fsp3) is 0.250. The molecule has 1 rings (SSSR count). The number of aromatic nitrogens is 1. The van der Waals surface area contributed by atoms with Crippen molar-refractivity contribution in [2.75, 3.05) is 7.11 Å². The summed E-state index contributed by atoms with van der Waals surface area (Å²) in [5, 5.41) is 0. The SMILES string of the molecule is COC(=O)c1ccnc(C(F)F)c1. The lowest BCUT2D eigenvalue weighted by Gasteiger charge is -2.01. The molecule has 0 spiro atoms. The lowest BCUT2D eigenvalue weighted by molar-refractivity contribution is 0.0600. The number of nitrogens with zero attached hydrogens (tertiary/aromatic N) is 1. The number of esters is 1. The summed E-state index contributed by atoms with van der Waals surface area (Å²) >= 11 is 0. The highest BCUT2D eigenvalue weighted by molar-refractivity contribution is 5.89. The van der Waals surface area contributed by atoms with Crippen LogP contribution in [0.25, 0.3) is 0 Å². The Morgan fingerprint density at radius 1 is 1.62 bits per heavy atom. The number of pyridine rings is 1. The molecule has 0 aliphatic rings. The van der Waals surface area contributed by atoms with Crippen LogP contribution in [0.1, 0.15) is 22.5 Å². The van der Waals surface area contributed by atoms with Crippen molar-refractivity contribution in [1.29, 1.82) is 0 Å². The Morgan fingerprint density at radius 2 is 2.31 bits per heavy atom. The number of hydrogen-bond donors (Lipinski definition) is 0. The van der Waals surface area contributed by atoms with Gasteiger partial charge in [-0.25, -0.2) is 13.6 Å². The maximum absolute atomic E-state index is 12.1. The Bertz CT molecular complexity index is 315. The van der Waals surface area contributed by atoms with Gasteiger partial charge in [-0.15, -0.1) is 0 Å². The van der Waals surface area contributed by atoms with Gasteiger partial charge < -0.3 is 4.74 Å². The van der Waals surface area contributed by atoms with Crippen LogP contribution in [0.2, 0.25) is 0 Å². The van der Waals surface area contributed by atoms with Crippen molar-refractivity contribution in [3.8, 4) is 0 Å². The summed E-state index contributed by atoms with van der Waals surface area (Å²) in [5.74, 6) is -0.649. The second kappa shape index (κ2) is 3.93. The van der Waals surface area contributed by atoms with E-state index in [9.17, 15) is 13.6 Å². The van der Waals surface area contributed by atoms with E-state index in [1.165, 1.54) is 13.2 Å². The topological polar surface area (TPSA) is 39.2 Å². The summed E-state index contributed by atoms with van der Waals surface area (Å²) in [6.45, 7) is 0. The predicted octanol–water partition coefficient (Wildman–Crippen LogP) is 1.81. The zero-order valence-corrected chi connectivity index (χ0v) is 6.83. The van der Waals surface area contributed by atoms with Crippen LogP contribution in [-0.4, -0.2) is 18.1 Å². The third kappa shape index (κ3) is 2.21. The van der Waals surface area contributed by atoms with Crippen molar-refractivity contribution in [3.63, 3.8) is 0 Å². The van der Waals surface area contributed by atoms with Gasteiger partial charge in [0.05, 0.1) is 12.7 Å². The number of carbonyl (C=O) groups excluding carboxylic acids is 1. The summed E-state index contributed by atoms with van der Waals surface area (Å²) in [6, 6.07) is 2.33. The molecular weight excluding hydrogens is 180 g/mol. The van der Waals surface area contributed by atoms with E-state index in [-0.39, 0.29) is 5.56 Å². The Hall–Kier alpha value is -1.52. The molecular formula is C8H7F2NO2. The second-order valence-electron chi connectivity index (χ2n) is 2.26. The first-order chi connectivity index (χ1) is 6.15. The number of rotatable bonds is 2. The van der Waals surface area contributed by atoms with E-state index < -0.39 is 18.1 Å². The molecule has 1 aromatic rings. The fourth-order valence-corrected chi connectivity index (χ4v) is 0.812. The average Bonchev–Trinajstić information content (AvgIpc) is 2.17. The molecule has 0 unspecified atom stereocenters. The van der Waals surface area contributed by atoms with Crippen LogP contribution in [0.4, 0.5) is 8.78 Å². The minimum atomic E-state index is -2.68. The second-order valence-corrected chi connectivity index (χ2v) is 2.26. The molecule has 3 nitrogen and oxygen atoms in total. The van der Waals surface area contributed by atoms with E-state index in [0.717, 1.165) is 12.3 Å². The fourth-order valence-electron chi connectivity index (χ4n) is 0.812. The zero-order valence-electron chi connectivity index (χ0n) is 6.83. The van der Waals surface area contributed by atoms with Crippen LogP contribution in [0.3, 0.4) is 0 Å². The third-order valence-corrected chi connectivity index (χ3v) is 1.43. The van der Waals surface area contributed by atoms with Crippen molar-refractivity contribution < 1.29 is 18.3 Å². The van der Waals surface area contributed by atoms with Crippen LogP contribution in [0, 0.1) is 0 Å². The van der Waals surface area contributed by atoms with Crippen molar-refractivity contribution in [3.05, 3.63) is 29.6 Å². The van der Waals surface area contributed by atoms with Gasteiger partial charge in [0.1, 0.15) is 5.69 Å². The standard InChI is InChI=1S/C8H7F2NO2/c1-13-8(12)5-2-3-11-6(4-5)7(9)10/h2-4,7H,1H3. The molecule has 0 radical (unpaired) electrons. The number of methoxy groups -OCH3 is 1. The van der Waals surface area contributed by atoms with Crippen LogP contribution in [0.15, 0.2) is 18.3 Å². The van der Waals surface area contributed by atoms with Gasteiger partial charge >= 0.3 is 5.97 Å². The Kier molecular flexibility index (Phi) is 2.89. The highest BCUT2D eigenvalue weighted by atomic mass is 19.3. The maximum atomic E-state index is 12.1. The molecule has 13 heavy (non-hydrogen) atoms. The molecule has 0 amide bonds. The van der Waals surface area contributed by atoms with Gasteiger partial charge in [0.2, 0.25) is 0 Å². The van der Waals surface area contributed by atoms with Crippen molar-refractivity contribution in [2.45, 2.75) is 6.43 Å². The van der Waals surface area contributed by atoms with Gasteiger partial charge in [-0.1, -0.05) is 0 Å². The monoisotopic (exact) mass is 187 g/mol. The molecule has 1 heterocycles. The molecule has 1 aromatic heterocycles. The van der Waals surface area contributed by atoms with Crippen molar-refractivity contribution in [1.82, 2.24) is 4.98 Å². The van der Waals surface area contributed by atoms with Crippen molar-refractivity contribution >= 4 is 5.97 Å². The van der Waals surface area contributed by atoms with E-state index >= 15 is 0 Å². The highest BCUT2D eigenvalue weighted by Crippen LogP contribution is 2.16. The molecule has 0 aliphatic carbocycles. The quantitative estimate of drug-likeness (QED) is 0.663. The van der Waals surface area contributed by atoms with Gasteiger partial charge in [0, 0.05) is 6.20 Å². The smallest absolute Gasteiger partial charge is 0.337 e. The van der Waals surface area contributed by atoms with Crippen LogP contribution < -0.4 is 0 Å². The summed E-state index contributed by atoms with van der Waals surface area (Å²) in [5.41, 5.74) is -0.351. The first-order valence-electron chi connectivity index (χ1n) is 3.47. The minimum absolute atomic E-state index is 0.0767. The summed E-state index contributed by atoms with van der Waals surface area (Å²) in [7, 11) is 1.19. The summed E-state index contributed by atoms with van der Waals surface area (Å²) in [4.78, 5) is 14.3. The van der Waals surface area contributed by atoms with Crippen LogP contribution in [0.5, 0.6) is 0 Å². The normalized spacial score (nSPS) is 10.2. The van der Waals surface area contributed by atoms with E-state index in [4.69, 9.17) is 0 Å². The first-order valence-corrected chi connectivity index (χ1v) is 3.47. The molecule has 0 N–H and O–H groups in total. The molecule has 0 aromatic carbocycles. The molecule has 0 bridgehead atoms. The van der Waals surface area contributed by atoms with Gasteiger partial charge in [-0.05, 0) is 12.1 Å². The number of ether oxygens (including phenoxy) is 1. The Labute approximate surface area is 73.4 Å². The number of alkyl halides is 2. The van der Waals surface area contributed by atoms with E-state index in [0.29, 0.717) is 0 Å². The van der Waals surface area contributed by atoms with Crippen molar-refractivity contribution in [2.24, 2.45) is 0 Å².